The first-order valence-corrected chi connectivity index (χ1v) is 10.3. The molecule has 0 aliphatic rings. The summed E-state index contributed by atoms with van der Waals surface area (Å²) in [6.45, 7) is -0.152. The van der Waals surface area contributed by atoms with Crippen molar-refractivity contribution in [3.8, 4) is 34.1 Å². The smallest absolute Gasteiger partial charge is 0.263 e. The Morgan fingerprint density at radius 2 is 1.64 bits per heavy atom. The average molecular weight is 437 g/mol. The Hall–Kier alpha value is -4.72. The lowest BCUT2D eigenvalue weighted by Crippen LogP contribution is -2.21. The van der Waals surface area contributed by atoms with Gasteiger partial charge in [0.25, 0.3) is 5.91 Å². The second-order valence-corrected chi connectivity index (χ2v) is 7.13. The fourth-order valence-corrected chi connectivity index (χ4v) is 3.31. The Labute approximate surface area is 189 Å². The maximum absolute atomic E-state index is 12.7. The summed E-state index contributed by atoms with van der Waals surface area (Å²) < 4.78 is 12.5. The van der Waals surface area contributed by atoms with Crippen LogP contribution in [0.3, 0.4) is 0 Å². The van der Waals surface area contributed by atoms with Crippen LogP contribution >= 0.6 is 0 Å². The molecule has 8 heteroatoms. The molecule has 3 aromatic carbocycles. The minimum atomic E-state index is -0.298. The van der Waals surface area contributed by atoms with E-state index in [9.17, 15) is 4.79 Å². The number of para-hydroxylation sites is 1. The van der Waals surface area contributed by atoms with Gasteiger partial charge < -0.3 is 14.5 Å². The van der Waals surface area contributed by atoms with Gasteiger partial charge in [-0.25, -0.2) is 4.68 Å². The molecule has 2 heterocycles. The summed E-state index contributed by atoms with van der Waals surface area (Å²) in [7, 11) is 0. The number of nitrogens with zero attached hydrogens (tertiary/aromatic N) is 4. The number of aromatic nitrogens is 4. The number of nitrogens with one attached hydrogen (secondary N) is 1. The predicted molar refractivity (Wildman–Crippen MR) is 123 cm³/mol. The van der Waals surface area contributed by atoms with Gasteiger partial charge in [0, 0.05) is 17.2 Å². The molecule has 8 nitrogen and oxygen atoms in total. The number of hydrogen-bond acceptors (Lipinski definition) is 6. The first-order chi connectivity index (χ1) is 16.3. The van der Waals surface area contributed by atoms with Gasteiger partial charge in [0.1, 0.15) is 11.6 Å². The third kappa shape index (κ3) is 4.64. The molecule has 0 aliphatic carbocycles. The van der Waals surface area contributed by atoms with Gasteiger partial charge >= 0.3 is 0 Å². The third-order valence-electron chi connectivity index (χ3n) is 4.88. The molecule has 33 heavy (non-hydrogen) atoms. The van der Waals surface area contributed by atoms with Crippen molar-refractivity contribution in [2.75, 3.05) is 11.9 Å². The van der Waals surface area contributed by atoms with Crippen LogP contribution in [0, 0.1) is 0 Å². The highest BCUT2D eigenvalue weighted by Crippen LogP contribution is 2.25. The van der Waals surface area contributed by atoms with E-state index in [-0.39, 0.29) is 12.5 Å². The lowest BCUT2D eigenvalue weighted by atomic mass is 10.2. The Bertz CT molecular complexity index is 1330. The third-order valence-corrected chi connectivity index (χ3v) is 4.88. The molecule has 0 fully saturated rings. The van der Waals surface area contributed by atoms with E-state index in [0.717, 1.165) is 22.5 Å². The van der Waals surface area contributed by atoms with E-state index in [0.29, 0.717) is 17.5 Å². The molecule has 0 aliphatic heterocycles. The number of amides is 1. The van der Waals surface area contributed by atoms with Gasteiger partial charge in [-0.2, -0.15) is 5.10 Å². The topological polar surface area (TPSA) is 95.1 Å². The summed E-state index contributed by atoms with van der Waals surface area (Å²) in [5, 5.41) is 15.1. The van der Waals surface area contributed by atoms with Crippen molar-refractivity contribution >= 4 is 11.7 Å². The highest BCUT2D eigenvalue weighted by molar-refractivity contribution is 5.92. The van der Waals surface area contributed by atoms with E-state index in [4.69, 9.17) is 14.3 Å². The molecule has 0 saturated carbocycles. The van der Waals surface area contributed by atoms with Gasteiger partial charge in [0.15, 0.2) is 6.61 Å². The predicted octanol–water partition coefficient (Wildman–Crippen LogP) is 4.61. The number of hydrogen-bond donors (Lipinski definition) is 1. The van der Waals surface area contributed by atoms with Crippen LogP contribution in [0.1, 0.15) is 0 Å². The Morgan fingerprint density at radius 1 is 0.909 bits per heavy atom. The first kappa shape index (κ1) is 20.2. The van der Waals surface area contributed by atoms with E-state index in [1.165, 1.54) is 6.39 Å². The van der Waals surface area contributed by atoms with Crippen molar-refractivity contribution in [2.45, 2.75) is 0 Å². The van der Waals surface area contributed by atoms with Gasteiger partial charge in [-0.3, -0.25) is 4.79 Å². The van der Waals surface area contributed by atoms with Crippen LogP contribution in [0.5, 0.6) is 5.75 Å². The highest BCUT2D eigenvalue weighted by atomic mass is 16.5. The largest absolute Gasteiger partial charge is 0.484 e. The zero-order chi connectivity index (χ0) is 22.5. The highest BCUT2D eigenvalue weighted by Gasteiger charge is 2.14. The Balaban J connectivity index is 1.31. The fourth-order valence-electron chi connectivity index (χ4n) is 3.31. The lowest BCUT2D eigenvalue weighted by molar-refractivity contribution is -0.118. The number of carbonyl (C=O) groups is 1. The van der Waals surface area contributed by atoms with Crippen LogP contribution in [0.25, 0.3) is 28.4 Å². The van der Waals surface area contributed by atoms with Crippen molar-refractivity contribution in [2.24, 2.45) is 0 Å². The minimum Gasteiger partial charge on any atom is -0.484 e. The van der Waals surface area contributed by atoms with Gasteiger partial charge in [-0.05, 0) is 36.4 Å². The zero-order valence-electron chi connectivity index (χ0n) is 17.5. The molecule has 0 bridgehead atoms. The van der Waals surface area contributed by atoms with Crippen molar-refractivity contribution in [3.63, 3.8) is 0 Å². The normalized spacial score (nSPS) is 10.7. The molecule has 0 unspecified atom stereocenters. The molecular formula is C25H19N5O3. The van der Waals surface area contributed by atoms with Crippen molar-refractivity contribution in [3.05, 3.63) is 97.4 Å². The van der Waals surface area contributed by atoms with Crippen LogP contribution < -0.4 is 10.1 Å². The van der Waals surface area contributed by atoms with Crippen LogP contribution in [0.15, 0.2) is 102 Å². The molecule has 0 saturated heterocycles. The van der Waals surface area contributed by atoms with Crippen LogP contribution in [-0.2, 0) is 4.79 Å². The summed E-state index contributed by atoms with van der Waals surface area (Å²) in [5.74, 6) is 1.23. The van der Waals surface area contributed by atoms with E-state index in [2.05, 4.69) is 15.5 Å². The van der Waals surface area contributed by atoms with E-state index >= 15 is 0 Å². The van der Waals surface area contributed by atoms with Crippen molar-refractivity contribution in [1.82, 2.24) is 20.0 Å². The molecule has 0 atom stereocenters. The molecule has 5 aromatic rings. The summed E-state index contributed by atoms with van der Waals surface area (Å²) in [6.07, 6.45) is 1.27. The Morgan fingerprint density at radius 3 is 2.33 bits per heavy atom. The van der Waals surface area contributed by atoms with Crippen LogP contribution in [0.2, 0.25) is 0 Å². The Kier molecular flexibility index (Phi) is 5.62. The fraction of sp³-hybridized carbons (Fsp3) is 0.0400. The molecule has 162 valence electrons. The maximum Gasteiger partial charge on any atom is 0.263 e. The molecule has 0 spiro atoms. The number of carbonyl (C=O) groups excluding carboxylic acids is 1. The van der Waals surface area contributed by atoms with Gasteiger partial charge in [0.2, 0.25) is 12.3 Å². The molecule has 5 rings (SSSR count). The molecule has 1 amide bonds. The van der Waals surface area contributed by atoms with Gasteiger partial charge in [0.05, 0.1) is 11.4 Å². The van der Waals surface area contributed by atoms with Crippen LogP contribution in [0.4, 0.5) is 5.82 Å². The molecule has 1 N–H and O–H groups in total. The van der Waals surface area contributed by atoms with Crippen molar-refractivity contribution in [1.29, 1.82) is 0 Å². The summed E-state index contributed by atoms with van der Waals surface area (Å²) in [4.78, 5) is 12.7. The average Bonchev–Trinajstić information content (AvgIpc) is 3.55. The lowest BCUT2D eigenvalue weighted by Gasteiger charge is -2.10. The number of benzene rings is 3. The SMILES string of the molecule is O=C(COc1ccc(-c2nnco2)cc1)Nc1cc(-c2ccccc2)nn1-c1ccccc1. The number of rotatable bonds is 7. The van der Waals surface area contributed by atoms with E-state index in [1.807, 2.05) is 66.7 Å². The molecule has 0 radical (unpaired) electrons. The van der Waals surface area contributed by atoms with E-state index < -0.39 is 0 Å². The second kappa shape index (κ2) is 9.19. The van der Waals surface area contributed by atoms with Gasteiger partial charge in [-0.15, -0.1) is 10.2 Å². The van der Waals surface area contributed by atoms with Crippen molar-refractivity contribution < 1.29 is 13.9 Å². The second-order valence-electron chi connectivity index (χ2n) is 7.13. The quantitative estimate of drug-likeness (QED) is 0.400. The summed E-state index contributed by atoms with van der Waals surface area (Å²) in [6, 6.07) is 28.4. The monoisotopic (exact) mass is 437 g/mol. The van der Waals surface area contributed by atoms with E-state index in [1.54, 1.807) is 28.9 Å². The summed E-state index contributed by atoms with van der Waals surface area (Å²) >= 11 is 0. The van der Waals surface area contributed by atoms with Crippen LogP contribution in [-0.4, -0.2) is 32.5 Å². The zero-order valence-corrected chi connectivity index (χ0v) is 17.5. The maximum atomic E-state index is 12.7. The standard InChI is InChI=1S/C25H19N5O3/c31-24(16-32-21-13-11-19(12-14-21)25-28-26-17-33-25)27-23-15-22(18-7-3-1-4-8-18)29-30(23)20-9-5-2-6-10-20/h1-15,17H,16H2,(H,27,31). The summed E-state index contributed by atoms with van der Waals surface area (Å²) in [5.41, 5.74) is 3.32. The molecule has 2 aromatic heterocycles. The number of ether oxygens (including phenoxy) is 1. The number of anilines is 1. The molecular weight excluding hydrogens is 418 g/mol. The van der Waals surface area contributed by atoms with Gasteiger partial charge in [-0.1, -0.05) is 48.5 Å². The minimum absolute atomic E-state index is 0.152. The first-order valence-electron chi connectivity index (χ1n) is 10.3.